The number of nitrogens with two attached hydrogens (primary N) is 1. The summed E-state index contributed by atoms with van der Waals surface area (Å²) in [5, 5.41) is 8.06. The third-order valence-electron chi connectivity index (χ3n) is 2.92. The number of hydrogen-bond acceptors (Lipinski definition) is 5. The summed E-state index contributed by atoms with van der Waals surface area (Å²) in [5.41, 5.74) is 9.09. The van der Waals surface area contributed by atoms with E-state index in [9.17, 15) is 0 Å². The molecule has 3 rings (SSSR count). The summed E-state index contributed by atoms with van der Waals surface area (Å²) in [6.07, 6.45) is 3.11. The summed E-state index contributed by atoms with van der Waals surface area (Å²) >= 11 is 0. The van der Waals surface area contributed by atoms with Crippen molar-refractivity contribution < 1.29 is 0 Å². The van der Waals surface area contributed by atoms with Gasteiger partial charge in [0.05, 0.1) is 17.6 Å². The van der Waals surface area contributed by atoms with Gasteiger partial charge < -0.3 is 5.73 Å². The molecule has 6 heteroatoms. The lowest BCUT2D eigenvalue weighted by atomic mass is 10.2. The predicted molar refractivity (Wildman–Crippen MR) is 71.5 cm³/mol. The Morgan fingerprint density at radius 3 is 2.68 bits per heavy atom. The Morgan fingerprint density at radius 1 is 1.11 bits per heavy atom. The lowest BCUT2D eigenvalue weighted by molar-refractivity contribution is 0.805. The van der Waals surface area contributed by atoms with Crippen LogP contribution in [0.5, 0.6) is 0 Å². The minimum atomic E-state index is 0.464. The smallest absolute Gasteiger partial charge is 0.130 e. The van der Waals surface area contributed by atoms with Gasteiger partial charge in [0.2, 0.25) is 0 Å². The first-order valence-corrected chi connectivity index (χ1v) is 5.81. The molecule has 0 spiro atoms. The fraction of sp³-hybridized carbons (Fsp3) is 0.0769. The van der Waals surface area contributed by atoms with Crippen LogP contribution in [0.15, 0.2) is 42.9 Å². The van der Waals surface area contributed by atoms with Gasteiger partial charge in [-0.1, -0.05) is 23.4 Å². The van der Waals surface area contributed by atoms with Crippen LogP contribution in [-0.2, 0) is 0 Å². The van der Waals surface area contributed by atoms with E-state index in [0.717, 1.165) is 22.6 Å². The topological polar surface area (TPSA) is 82.5 Å². The third-order valence-corrected chi connectivity index (χ3v) is 2.92. The normalized spacial score (nSPS) is 10.6. The monoisotopic (exact) mass is 252 g/mol. The van der Waals surface area contributed by atoms with Crippen LogP contribution in [0.1, 0.15) is 5.56 Å². The fourth-order valence-corrected chi connectivity index (χ4v) is 1.88. The molecule has 0 radical (unpaired) electrons. The minimum Gasteiger partial charge on any atom is -0.383 e. The number of rotatable bonds is 2. The zero-order valence-corrected chi connectivity index (χ0v) is 10.4. The Balaban J connectivity index is 2.18. The van der Waals surface area contributed by atoms with E-state index >= 15 is 0 Å². The van der Waals surface area contributed by atoms with Gasteiger partial charge in [-0.2, -0.15) is 0 Å². The Hall–Kier alpha value is -2.76. The highest BCUT2D eigenvalue weighted by molar-refractivity contribution is 5.64. The first-order chi connectivity index (χ1) is 9.27. The molecule has 0 saturated heterocycles. The van der Waals surface area contributed by atoms with E-state index in [2.05, 4.69) is 20.3 Å². The Morgan fingerprint density at radius 2 is 1.89 bits per heavy atom. The lowest BCUT2D eigenvalue weighted by Crippen LogP contribution is -2.03. The van der Waals surface area contributed by atoms with Gasteiger partial charge in [-0.25, -0.2) is 14.6 Å². The molecule has 2 heterocycles. The second-order valence-electron chi connectivity index (χ2n) is 4.10. The van der Waals surface area contributed by atoms with E-state index in [4.69, 9.17) is 5.73 Å². The second kappa shape index (κ2) is 4.49. The van der Waals surface area contributed by atoms with Gasteiger partial charge in [-0.3, -0.25) is 0 Å². The SMILES string of the molecule is Cc1c(N)ncnc1-c1cnnn1-c1ccccc1. The molecule has 0 aliphatic rings. The van der Waals surface area contributed by atoms with Crippen LogP contribution in [0.4, 0.5) is 5.82 Å². The third kappa shape index (κ3) is 1.93. The average molecular weight is 252 g/mol. The molecule has 94 valence electrons. The molecular formula is C13H12N6. The van der Waals surface area contributed by atoms with Gasteiger partial charge >= 0.3 is 0 Å². The number of hydrogen-bond donors (Lipinski definition) is 1. The molecule has 0 atom stereocenters. The van der Waals surface area contributed by atoms with Gasteiger partial charge in [0.1, 0.15) is 17.8 Å². The summed E-state index contributed by atoms with van der Waals surface area (Å²) in [6, 6.07) is 9.76. The van der Waals surface area contributed by atoms with Crippen LogP contribution in [0.25, 0.3) is 17.1 Å². The molecule has 0 bridgehead atoms. The molecule has 2 aromatic heterocycles. The zero-order valence-electron chi connectivity index (χ0n) is 10.4. The maximum atomic E-state index is 5.81. The van der Waals surface area contributed by atoms with Crippen LogP contribution in [0.3, 0.4) is 0 Å². The standard InChI is InChI=1S/C13H12N6/c1-9-12(15-8-16-13(9)14)11-7-17-18-19(11)10-5-3-2-4-6-10/h2-8H,1H3,(H2,14,15,16). The highest BCUT2D eigenvalue weighted by atomic mass is 15.4. The van der Waals surface area contributed by atoms with E-state index in [1.54, 1.807) is 10.9 Å². The largest absolute Gasteiger partial charge is 0.383 e. The quantitative estimate of drug-likeness (QED) is 0.749. The summed E-state index contributed by atoms with van der Waals surface area (Å²) in [4.78, 5) is 8.24. The zero-order chi connectivity index (χ0) is 13.2. The van der Waals surface area contributed by atoms with Crippen molar-refractivity contribution >= 4 is 5.82 Å². The molecule has 0 unspecified atom stereocenters. The average Bonchev–Trinajstić information content (AvgIpc) is 2.92. The fourth-order valence-electron chi connectivity index (χ4n) is 1.88. The molecule has 0 aliphatic heterocycles. The highest BCUT2D eigenvalue weighted by Gasteiger charge is 2.13. The van der Waals surface area contributed by atoms with E-state index in [-0.39, 0.29) is 0 Å². The predicted octanol–water partition coefficient (Wildman–Crippen LogP) is 1.61. The van der Waals surface area contributed by atoms with Crippen LogP contribution in [-0.4, -0.2) is 25.0 Å². The molecule has 0 saturated carbocycles. The summed E-state index contributed by atoms with van der Waals surface area (Å²) in [5.74, 6) is 0.464. The molecule has 0 fully saturated rings. The van der Waals surface area contributed by atoms with Gasteiger partial charge in [0.15, 0.2) is 0 Å². The lowest BCUT2D eigenvalue weighted by Gasteiger charge is -2.08. The van der Waals surface area contributed by atoms with Crippen molar-refractivity contribution in [1.29, 1.82) is 0 Å². The van der Waals surface area contributed by atoms with Crippen LogP contribution in [0, 0.1) is 6.92 Å². The first kappa shape index (κ1) is 11.3. The number of benzene rings is 1. The van der Waals surface area contributed by atoms with E-state index in [1.165, 1.54) is 6.33 Å². The number of aromatic nitrogens is 5. The van der Waals surface area contributed by atoms with E-state index in [0.29, 0.717) is 5.82 Å². The summed E-state index contributed by atoms with van der Waals surface area (Å²) in [7, 11) is 0. The van der Waals surface area contributed by atoms with Crippen molar-refractivity contribution in [2.45, 2.75) is 6.92 Å². The molecule has 2 N–H and O–H groups in total. The highest BCUT2D eigenvalue weighted by Crippen LogP contribution is 2.24. The summed E-state index contributed by atoms with van der Waals surface area (Å²) < 4.78 is 1.73. The van der Waals surface area contributed by atoms with Crippen molar-refractivity contribution in [2.75, 3.05) is 5.73 Å². The second-order valence-corrected chi connectivity index (χ2v) is 4.10. The molecule has 0 amide bonds. The molecule has 1 aromatic carbocycles. The Bertz CT molecular complexity index is 704. The summed E-state index contributed by atoms with van der Waals surface area (Å²) in [6.45, 7) is 1.88. The van der Waals surface area contributed by atoms with Crippen molar-refractivity contribution in [3.05, 3.63) is 48.4 Å². The van der Waals surface area contributed by atoms with Gasteiger partial charge in [0, 0.05) is 5.56 Å². The van der Waals surface area contributed by atoms with Crippen molar-refractivity contribution in [3.8, 4) is 17.1 Å². The van der Waals surface area contributed by atoms with Gasteiger partial charge in [-0.05, 0) is 19.1 Å². The number of para-hydroxylation sites is 1. The van der Waals surface area contributed by atoms with Crippen LogP contribution >= 0.6 is 0 Å². The molecular weight excluding hydrogens is 240 g/mol. The van der Waals surface area contributed by atoms with Crippen LogP contribution in [0.2, 0.25) is 0 Å². The van der Waals surface area contributed by atoms with Gasteiger partial charge in [-0.15, -0.1) is 5.10 Å². The van der Waals surface area contributed by atoms with Crippen LogP contribution < -0.4 is 5.73 Å². The maximum absolute atomic E-state index is 5.81. The molecule has 3 aromatic rings. The van der Waals surface area contributed by atoms with Crippen molar-refractivity contribution in [3.63, 3.8) is 0 Å². The molecule has 6 nitrogen and oxygen atoms in total. The number of nitrogen functional groups attached to an aromatic ring is 1. The maximum Gasteiger partial charge on any atom is 0.130 e. The number of anilines is 1. The van der Waals surface area contributed by atoms with Gasteiger partial charge in [0.25, 0.3) is 0 Å². The first-order valence-electron chi connectivity index (χ1n) is 5.81. The van der Waals surface area contributed by atoms with Crippen molar-refractivity contribution in [2.24, 2.45) is 0 Å². The Labute approximate surface area is 109 Å². The van der Waals surface area contributed by atoms with Crippen molar-refractivity contribution in [1.82, 2.24) is 25.0 Å². The molecule has 19 heavy (non-hydrogen) atoms. The Kier molecular flexibility index (Phi) is 2.68. The van der Waals surface area contributed by atoms with E-state index < -0.39 is 0 Å². The minimum absolute atomic E-state index is 0.464. The van der Waals surface area contributed by atoms with E-state index in [1.807, 2.05) is 37.3 Å². The number of nitrogens with zero attached hydrogens (tertiary/aromatic N) is 5. The molecule has 0 aliphatic carbocycles.